The second-order valence-electron chi connectivity index (χ2n) is 5.90. The van der Waals surface area contributed by atoms with Crippen LogP contribution in [0.5, 0.6) is 0 Å². The van der Waals surface area contributed by atoms with Crippen LogP contribution in [-0.2, 0) is 6.18 Å². The number of hydrogen-bond donors (Lipinski definition) is 1. The van der Waals surface area contributed by atoms with Crippen LogP contribution in [0.25, 0.3) is 5.65 Å². The number of benzene rings is 1. The molecule has 3 rings (SSSR count). The highest BCUT2D eigenvalue weighted by Crippen LogP contribution is 2.32. The Balaban J connectivity index is 2.11. The second kappa shape index (κ2) is 6.28. The van der Waals surface area contributed by atoms with Gasteiger partial charge >= 0.3 is 6.18 Å². The summed E-state index contributed by atoms with van der Waals surface area (Å²) in [5.74, 6) is -0.705. The van der Waals surface area contributed by atoms with E-state index in [1.54, 1.807) is 26.0 Å². The minimum Gasteiger partial charge on any atom is -0.320 e. The fourth-order valence-electron chi connectivity index (χ4n) is 2.64. The number of amides is 1. The molecule has 1 N–H and O–H groups in total. The molecule has 0 aliphatic rings. The number of rotatable bonds is 2. The van der Waals surface area contributed by atoms with Gasteiger partial charge in [0.05, 0.1) is 0 Å². The van der Waals surface area contributed by atoms with Crippen molar-refractivity contribution in [3.05, 3.63) is 57.5 Å². The molecule has 1 aromatic carbocycles. The van der Waals surface area contributed by atoms with E-state index >= 15 is 0 Å². The van der Waals surface area contributed by atoms with E-state index in [9.17, 15) is 18.0 Å². The summed E-state index contributed by atoms with van der Waals surface area (Å²) < 4.78 is 40.3. The Morgan fingerprint density at radius 3 is 2.38 bits per heavy atom. The highest BCUT2D eigenvalue weighted by molar-refractivity contribution is 6.37. The molecule has 3 aromatic rings. The van der Waals surface area contributed by atoms with Crippen LogP contribution in [0.4, 0.5) is 18.9 Å². The lowest BCUT2D eigenvalue weighted by atomic mass is 10.1. The minimum atomic E-state index is -4.67. The summed E-state index contributed by atoms with van der Waals surface area (Å²) in [5.41, 5.74) is 0.710. The van der Waals surface area contributed by atoms with Gasteiger partial charge in [0.15, 0.2) is 11.3 Å². The molecule has 0 unspecified atom stereocenters. The van der Waals surface area contributed by atoms with Crippen LogP contribution < -0.4 is 5.32 Å². The van der Waals surface area contributed by atoms with E-state index in [2.05, 4.69) is 15.4 Å². The predicted octanol–water partition coefficient (Wildman–Crippen LogP) is 4.58. The van der Waals surface area contributed by atoms with Crippen LogP contribution in [0.1, 0.15) is 33.0 Å². The van der Waals surface area contributed by atoms with Crippen LogP contribution in [0.2, 0.25) is 5.02 Å². The van der Waals surface area contributed by atoms with Crippen molar-refractivity contribution in [2.75, 3.05) is 5.32 Å². The van der Waals surface area contributed by atoms with Gasteiger partial charge in [0, 0.05) is 11.4 Å². The van der Waals surface area contributed by atoms with E-state index < -0.39 is 17.8 Å². The maximum Gasteiger partial charge on any atom is 0.433 e. The summed E-state index contributed by atoms with van der Waals surface area (Å²) in [5, 5.41) is 6.19. The lowest BCUT2D eigenvalue weighted by molar-refractivity contribution is -0.142. The molecule has 0 atom stereocenters. The van der Waals surface area contributed by atoms with E-state index in [4.69, 9.17) is 11.6 Å². The van der Waals surface area contributed by atoms with Crippen molar-refractivity contribution in [2.45, 2.75) is 26.9 Å². The van der Waals surface area contributed by atoms with Crippen molar-refractivity contribution >= 4 is 28.8 Å². The van der Waals surface area contributed by atoms with E-state index in [1.165, 1.54) is 6.92 Å². The maximum atomic E-state index is 13.3. The molecule has 0 aliphatic heterocycles. The van der Waals surface area contributed by atoms with E-state index in [1.807, 2.05) is 6.07 Å². The quantitative estimate of drug-likeness (QED) is 0.705. The molecule has 136 valence electrons. The SMILES string of the molecule is Cc1cc(C(F)(F)F)n2nc(C(=O)Nc3c(C)cccc3C)c(Cl)c2n1. The highest BCUT2D eigenvalue weighted by Gasteiger charge is 2.36. The summed E-state index contributed by atoms with van der Waals surface area (Å²) >= 11 is 6.12. The van der Waals surface area contributed by atoms with Crippen LogP contribution in [-0.4, -0.2) is 20.5 Å². The van der Waals surface area contributed by atoms with Crippen LogP contribution in [0, 0.1) is 20.8 Å². The number of carbonyl (C=O) groups excluding carboxylic acids is 1. The number of nitrogens with zero attached hydrogens (tertiary/aromatic N) is 3. The molecule has 0 bridgehead atoms. The molecule has 0 fully saturated rings. The molecule has 0 radical (unpaired) electrons. The monoisotopic (exact) mass is 382 g/mol. The van der Waals surface area contributed by atoms with Crippen molar-refractivity contribution in [1.29, 1.82) is 0 Å². The summed E-state index contributed by atoms with van der Waals surface area (Å²) in [6.45, 7) is 5.02. The number of anilines is 1. The summed E-state index contributed by atoms with van der Waals surface area (Å²) in [4.78, 5) is 16.6. The molecule has 0 saturated carbocycles. The van der Waals surface area contributed by atoms with Gasteiger partial charge in [0.2, 0.25) is 0 Å². The Morgan fingerprint density at radius 2 is 1.81 bits per heavy atom. The lowest BCUT2D eigenvalue weighted by Gasteiger charge is -2.10. The van der Waals surface area contributed by atoms with Gasteiger partial charge in [-0.2, -0.15) is 18.3 Å². The third-order valence-corrected chi connectivity index (χ3v) is 4.23. The zero-order valence-corrected chi connectivity index (χ0v) is 14.8. The number of alkyl halides is 3. The van der Waals surface area contributed by atoms with Gasteiger partial charge in [-0.05, 0) is 38.0 Å². The summed E-state index contributed by atoms with van der Waals surface area (Å²) in [6, 6.07) is 6.30. The smallest absolute Gasteiger partial charge is 0.320 e. The largest absolute Gasteiger partial charge is 0.433 e. The number of para-hydroxylation sites is 1. The van der Waals surface area contributed by atoms with E-state index in [0.717, 1.165) is 17.2 Å². The van der Waals surface area contributed by atoms with Gasteiger partial charge < -0.3 is 5.32 Å². The number of carbonyl (C=O) groups is 1. The van der Waals surface area contributed by atoms with Gasteiger partial charge in [-0.3, -0.25) is 4.79 Å². The fourth-order valence-corrected chi connectivity index (χ4v) is 2.89. The first-order valence-electron chi connectivity index (χ1n) is 7.60. The molecule has 2 heterocycles. The van der Waals surface area contributed by atoms with Crippen LogP contribution >= 0.6 is 11.6 Å². The minimum absolute atomic E-state index is 0.119. The molecule has 0 aliphatic carbocycles. The van der Waals surface area contributed by atoms with Gasteiger partial charge in [-0.1, -0.05) is 29.8 Å². The third kappa shape index (κ3) is 3.12. The summed E-state index contributed by atoms with van der Waals surface area (Å²) in [7, 11) is 0. The van der Waals surface area contributed by atoms with Crippen molar-refractivity contribution in [2.24, 2.45) is 0 Å². The molecule has 1 amide bonds. The van der Waals surface area contributed by atoms with Gasteiger partial charge in [-0.25, -0.2) is 9.50 Å². The van der Waals surface area contributed by atoms with Gasteiger partial charge in [0.1, 0.15) is 10.7 Å². The van der Waals surface area contributed by atoms with Crippen molar-refractivity contribution < 1.29 is 18.0 Å². The number of halogens is 4. The Kier molecular flexibility index (Phi) is 4.39. The zero-order chi connectivity index (χ0) is 19.2. The van der Waals surface area contributed by atoms with Crippen LogP contribution in [0.15, 0.2) is 24.3 Å². The average Bonchev–Trinajstić information content (AvgIpc) is 2.86. The fraction of sp³-hybridized carbons (Fsp3) is 0.235. The van der Waals surface area contributed by atoms with E-state index in [-0.39, 0.29) is 22.1 Å². The number of aryl methyl sites for hydroxylation is 3. The average molecular weight is 383 g/mol. The second-order valence-corrected chi connectivity index (χ2v) is 6.28. The first kappa shape index (κ1) is 18.2. The Bertz CT molecular complexity index is 1010. The maximum absolute atomic E-state index is 13.3. The molecule has 0 saturated heterocycles. The van der Waals surface area contributed by atoms with Crippen molar-refractivity contribution in [1.82, 2.24) is 14.6 Å². The molecule has 26 heavy (non-hydrogen) atoms. The van der Waals surface area contributed by atoms with Gasteiger partial charge in [0.25, 0.3) is 5.91 Å². The van der Waals surface area contributed by atoms with Crippen molar-refractivity contribution in [3.8, 4) is 0 Å². The molecular weight excluding hydrogens is 369 g/mol. The molecule has 9 heteroatoms. The van der Waals surface area contributed by atoms with Crippen LogP contribution in [0.3, 0.4) is 0 Å². The number of nitrogens with one attached hydrogen (secondary N) is 1. The normalized spacial score (nSPS) is 11.8. The number of aromatic nitrogens is 3. The Hall–Kier alpha value is -2.61. The molecule has 0 spiro atoms. The van der Waals surface area contributed by atoms with Crippen molar-refractivity contribution in [3.63, 3.8) is 0 Å². The standard InChI is InChI=1S/C17H14ClF3N4O/c1-8-5-4-6-9(2)13(8)23-16(26)14-12(18)15-22-10(3)7-11(17(19,20)21)25(15)24-14/h4-7H,1-3H3,(H,23,26). The first-order chi connectivity index (χ1) is 12.1. The predicted molar refractivity (Wildman–Crippen MR) is 91.6 cm³/mol. The Labute approximate surface area is 151 Å². The first-order valence-corrected chi connectivity index (χ1v) is 7.98. The molecular formula is C17H14ClF3N4O. The van der Waals surface area contributed by atoms with Gasteiger partial charge in [-0.15, -0.1) is 0 Å². The third-order valence-electron chi connectivity index (χ3n) is 3.89. The number of fused-ring (bicyclic) bond motifs is 1. The lowest BCUT2D eigenvalue weighted by Crippen LogP contribution is -2.16. The Morgan fingerprint density at radius 1 is 1.19 bits per heavy atom. The summed E-state index contributed by atoms with van der Waals surface area (Å²) in [6.07, 6.45) is -4.67. The molecule has 5 nitrogen and oxygen atoms in total. The number of hydrogen-bond acceptors (Lipinski definition) is 3. The highest BCUT2D eigenvalue weighted by atomic mass is 35.5. The molecule has 2 aromatic heterocycles. The van der Waals surface area contributed by atoms with E-state index in [0.29, 0.717) is 10.2 Å². The zero-order valence-electron chi connectivity index (χ0n) is 14.1. The topological polar surface area (TPSA) is 59.3 Å².